The molecule has 0 aromatic heterocycles. The van der Waals surface area contributed by atoms with Gasteiger partial charge in [-0.05, 0) is 42.8 Å². The molecule has 27 heavy (non-hydrogen) atoms. The topological polar surface area (TPSA) is 55.8 Å². The molecule has 0 heterocycles. The summed E-state index contributed by atoms with van der Waals surface area (Å²) in [6, 6.07) is 12.2. The van der Waals surface area contributed by atoms with Crippen LogP contribution in [-0.2, 0) is 4.79 Å². The first-order valence-electron chi connectivity index (χ1n) is 8.49. The Morgan fingerprint density at radius 1 is 1.07 bits per heavy atom. The van der Waals surface area contributed by atoms with Crippen molar-refractivity contribution in [1.29, 1.82) is 0 Å². The van der Waals surface area contributed by atoms with Crippen LogP contribution in [0.2, 0.25) is 5.02 Å². The zero-order valence-electron chi connectivity index (χ0n) is 15.6. The highest BCUT2D eigenvalue weighted by atomic mass is 35.5. The SMILES string of the molecule is CCOc1cc(/C=C/C(=O)c2ccccc2Cl)ccc1OCC(=O)N(C)C. The number of hydrogen-bond acceptors (Lipinski definition) is 4. The molecule has 0 aliphatic heterocycles. The van der Waals surface area contributed by atoms with Gasteiger partial charge < -0.3 is 14.4 Å². The minimum atomic E-state index is -0.185. The van der Waals surface area contributed by atoms with Crippen molar-refractivity contribution in [3.63, 3.8) is 0 Å². The van der Waals surface area contributed by atoms with E-state index < -0.39 is 0 Å². The Bertz CT molecular complexity index is 846. The molecule has 0 unspecified atom stereocenters. The van der Waals surface area contributed by atoms with Gasteiger partial charge in [-0.3, -0.25) is 9.59 Å². The molecule has 0 saturated carbocycles. The van der Waals surface area contributed by atoms with Crippen LogP contribution in [0.25, 0.3) is 6.08 Å². The fraction of sp³-hybridized carbons (Fsp3) is 0.238. The number of halogens is 1. The van der Waals surface area contributed by atoms with Gasteiger partial charge in [0, 0.05) is 19.7 Å². The fourth-order valence-corrected chi connectivity index (χ4v) is 2.44. The van der Waals surface area contributed by atoms with E-state index in [9.17, 15) is 9.59 Å². The summed E-state index contributed by atoms with van der Waals surface area (Å²) in [7, 11) is 3.33. The Labute approximate surface area is 164 Å². The summed E-state index contributed by atoms with van der Waals surface area (Å²) in [4.78, 5) is 25.4. The highest BCUT2D eigenvalue weighted by molar-refractivity contribution is 6.34. The fourth-order valence-electron chi connectivity index (χ4n) is 2.21. The molecule has 1 amide bonds. The lowest BCUT2D eigenvalue weighted by molar-refractivity contribution is -0.130. The number of ether oxygens (including phenoxy) is 2. The second kappa shape index (κ2) is 9.78. The molecule has 0 aliphatic carbocycles. The first-order chi connectivity index (χ1) is 12.9. The maximum absolute atomic E-state index is 12.3. The van der Waals surface area contributed by atoms with Gasteiger partial charge in [-0.25, -0.2) is 0 Å². The van der Waals surface area contributed by atoms with Crippen LogP contribution in [0.3, 0.4) is 0 Å². The average molecular weight is 388 g/mol. The minimum absolute atomic E-state index is 0.0761. The molecule has 0 fully saturated rings. The van der Waals surface area contributed by atoms with Crippen LogP contribution in [0.15, 0.2) is 48.5 Å². The molecule has 2 aromatic rings. The van der Waals surface area contributed by atoms with E-state index in [0.29, 0.717) is 28.7 Å². The minimum Gasteiger partial charge on any atom is -0.490 e. The third kappa shape index (κ3) is 5.86. The predicted octanol–water partition coefficient (Wildman–Crippen LogP) is 4.10. The molecule has 0 aliphatic rings. The molecule has 142 valence electrons. The van der Waals surface area contributed by atoms with Gasteiger partial charge in [-0.1, -0.05) is 35.9 Å². The summed E-state index contributed by atoms with van der Waals surface area (Å²) in [6.45, 7) is 2.23. The Morgan fingerprint density at radius 2 is 1.81 bits per heavy atom. The van der Waals surface area contributed by atoms with E-state index in [1.807, 2.05) is 6.92 Å². The van der Waals surface area contributed by atoms with Crippen LogP contribution >= 0.6 is 11.6 Å². The number of nitrogens with zero attached hydrogens (tertiary/aromatic N) is 1. The van der Waals surface area contributed by atoms with E-state index in [4.69, 9.17) is 21.1 Å². The van der Waals surface area contributed by atoms with Gasteiger partial charge in [0.1, 0.15) is 0 Å². The van der Waals surface area contributed by atoms with Crippen molar-refractivity contribution in [3.05, 3.63) is 64.7 Å². The van der Waals surface area contributed by atoms with Crippen LogP contribution in [0.1, 0.15) is 22.8 Å². The molecule has 2 rings (SSSR count). The van der Waals surface area contributed by atoms with Gasteiger partial charge in [0.2, 0.25) is 0 Å². The first-order valence-corrected chi connectivity index (χ1v) is 8.87. The lowest BCUT2D eigenvalue weighted by Crippen LogP contribution is -2.27. The van der Waals surface area contributed by atoms with Crippen molar-refractivity contribution < 1.29 is 19.1 Å². The average Bonchev–Trinajstić information content (AvgIpc) is 2.65. The lowest BCUT2D eigenvalue weighted by Gasteiger charge is -2.14. The predicted molar refractivity (Wildman–Crippen MR) is 107 cm³/mol. The standard InChI is InChI=1S/C21H22ClNO4/c1-4-26-20-13-15(10-12-19(20)27-14-21(25)23(2)3)9-11-18(24)16-7-5-6-8-17(16)22/h5-13H,4,14H2,1-3H3/b11-9+. The van der Waals surface area contributed by atoms with Crippen molar-refractivity contribution in [2.24, 2.45) is 0 Å². The van der Waals surface area contributed by atoms with Gasteiger partial charge in [0.25, 0.3) is 5.91 Å². The van der Waals surface area contributed by atoms with Gasteiger partial charge in [0.15, 0.2) is 23.9 Å². The molecule has 0 saturated heterocycles. The van der Waals surface area contributed by atoms with E-state index in [0.717, 1.165) is 5.56 Å². The van der Waals surface area contributed by atoms with Gasteiger partial charge in [-0.2, -0.15) is 0 Å². The van der Waals surface area contributed by atoms with Crippen molar-refractivity contribution in [2.75, 3.05) is 27.3 Å². The lowest BCUT2D eigenvalue weighted by atomic mass is 10.1. The quantitative estimate of drug-likeness (QED) is 0.505. The number of ketones is 1. The molecule has 6 heteroatoms. The van der Waals surface area contributed by atoms with Crippen LogP contribution in [0.4, 0.5) is 0 Å². The zero-order chi connectivity index (χ0) is 19.8. The molecule has 0 N–H and O–H groups in total. The molecule has 0 atom stereocenters. The maximum atomic E-state index is 12.3. The first kappa shape index (κ1) is 20.5. The van der Waals surface area contributed by atoms with Crippen molar-refractivity contribution in [2.45, 2.75) is 6.92 Å². The number of hydrogen-bond donors (Lipinski definition) is 0. The van der Waals surface area contributed by atoms with E-state index >= 15 is 0 Å². The maximum Gasteiger partial charge on any atom is 0.259 e. The Hall–Kier alpha value is -2.79. The van der Waals surface area contributed by atoms with Gasteiger partial charge in [0.05, 0.1) is 11.6 Å². The number of allylic oxidation sites excluding steroid dienone is 1. The second-order valence-corrected chi connectivity index (χ2v) is 6.30. The van der Waals surface area contributed by atoms with Crippen LogP contribution in [0, 0.1) is 0 Å². The van der Waals surface area contributed by atoms with E-state index in [1.165, 1.54) is 11.0 Å². The third-order valence-corrected chi connectivity index (χ3v) is 4.01. The van der Waals surface area contributed by atoms with E-state index in [2.05, 4.69) is 0 Å². The zero-order valence-corrected chi connectivity index (χ0v) is 16.3. The normalized spacial score (nSPS) is 10.7. The van der Waals surface area contributed by atoms with E-state index in [-0.39, 0.29) is 18.3 Å². The molecule has 0 radical (unpaired) electrons. The summed E-state index contributed by atoms with van der Waals surface area (Å²) < 4.78 is 11.1. The van der Waals surface area contributed by atoms with Gasteiger partial charge >= 0.3 is 0 Å². The van der Waals surface area contributed by atoms with Crippen LogP contribution < -0.4 is 9.47 Å². The number of rotatable bonds is 8. The summed E-state index contributed by atoms with van der Waals surface area (Å²) >= 11 is 6.05. The number of carbonyl (C=O) groups excluding carboxylic acids is 2. The molecule has 0 bridgehead atoms. The summed E-state index contributed by atoms with van der Waals surface area (Å²) in [6.07, 6.45) is 3.14. The van der Waals surface area contributed by atoms with Crippen molar-refractivity contribution in [1.82, 2.24) is 4.90 Å². The number of likely N-dealkylation sites (N-methyl/N-ethyl adjacent to an activating group) is 1. The Balaban J connectivity index is 2.16. The summed E-state index contributed by atoms with van der Waals surface area (Å²) in [5.74, 6) is 0.653. The summed E-state index contributed by atoms with van der Waals surface area (Å²) in [5.41, 5.74) is 1.22. The number of benzene rings is 2. The smallest absolute Gasteiger partial charge is 0.259 e. The van der Waals surface area contributed by atoms with E-state index in [1.54, 1.807) is 62.6 Å². The second-order valence-electron chi connectivity index (χ2n) is 5.89. The summed E-state index contributed by atoms with van der Waals surface area (Å²) in [5, 5.41) is 0.413. The van der Waals surface area contributed by atoms with Crippen LogP contribution in [0.5, 0.6) is 11.5 Å². The largest absolute Gasteiger partial charge is 0.490 e. The number of carbonyl (C=O) groups is 2. The third-order valence-electron chi connectivity index (χ3n) is 3.68. The van der Waals surface area contributed by atoms with Crippen LogP contribution in [-0.4, -0.2) is 43.9 Å². The Morgan fingerprint density at radius 3 is 2.48 bits per heavy atom. The molecule has 2 aromatic carbocycles. The molecule has 0 spiro atoms. The van der Waals surface area contributed by atoms with Gasteiger partial charge in [-0.15, -0.1) is 0 Å². The Kier molecular flexibility index (Phi) is 7.44. The highest BCUT2D eigenvalue weighted by Crippen LogP contribution is 2.29. The monoisotopic (exact) mass is 387 g/mol. The molecular formula is C21H22ClNO4. The number of amides is 1. The molecule has 5 nitrogen and oxygen atoms in total. The van der Waals surface area contributed by atoms with Crippen molar-refractivity contribution in [3.8, 4) is 11.5 Å². The molecular weight excluding hydrogens is 366 g/mol. The highest BCUT2D eigenvalue weighted by Gasteiger charge is 2.10. The van der Waals surface area contributed by atoms with Crippen molar-refractivity contribution >= 4 is 29.4 Å².